The Hall–Kier alpha value is -1.13. The molecule has 0 bridgehead atoms. The summed E-state index contributed by atoms with van der Waals surface area (Å²) >= 11 is 0. The maximum atomic E-state index is 5.79. The van der Waals surface area contributed by atoms with Crippen LogP contribution in [0.25, 0.3) is 0 Å². The van der Waals surface area contributed by atoms with Gasteiger partial charge in [0, 0.05) is 25.3 Å². The maximum Gasteiger partial charge on any atom is 0.129 e. The zero-order valence-corrected chi connectivity index (χ0v) is 12.4. The minimum absolute atomic E-state index is 0.267. The molecule has 2 heterocycles. The topological polar surface area (TPSA) is 37.4 Å². The van der Waals surface area contributed by atoms with E-state index in [9.17, 15) is 0 Å². The van der Waals surface area contributed by atoms with Crippen molar-refractivity contribution in [2.75, 3.05) is 25.0 Å². The van der Waals surface area contributed by atoms with Gasteiger partial charge in [-0.05, 0) is 45.0 Å². The van der Waals surface area contributed by atoms with E-state index in [1.807, 2.05) is 7.05 Å². The number of pyridine rings is 1. The normalized spacial score (nSPS) is 23.7. The van der Waals surface area contributed by atoms with Crippen LogP contribution in [0.15, 0.2) is 12.1 Å². The van der Waals surface area contributed by atoms with Crippen LogP contribution in [-0.2, 0) is 17.7 Å². The van der Waals surface area contributed by atoms with E-state index in [0.717, 1.165) is 37.6 Å². The highest BCUT2D eigenvalue weighted by Gasteiger charge is 2.23. The van der Waals surface area contributed by atoms with Crippen LogP contribution in [-0.4, -0.2) is 37.3 Å². The number of hydrogen-bond acceptors (Lipinski definition) is 4. The van der Waals surface area contributed by atoms with E-state index in [-0.39, 0.29) is 12.2 Å². The summed E-state index contributed by atoms with van der Waals surface area (Å²) in [5.41, 5.74) is 2.46. The van der Waals surface area contributed by atoms with Gasteiger partial charge in [0.2, 0.25) is 0 Å². The molecule has 0 spiro atoms. The molecule has 2 rings (SSSR count). The number of rotatable bonds is 4. The van der Waals surface area contributed by atoms with Crippen molar-refractivity contribution in [3.8, 4) is 0 Å². The van der Waals surface area contributed by atoms with Crippen LogP contribution in [0.5, 0.6) is 0 Å². The molecule has 1 fully saturated rings. The number of aryl methyl sites for hydroxylation is 1. The summed E-state index contributed by atoms with van der Waals surface area (Å²) in [6.07, 6.45) is 1.51. The second-order valence-corrected chi connectivity index (χ2v) is 5.37. The van der Waals surface area contributed by atoms with Crippen molar-refractivity contribution >= 4 is 5.82 Å². The lowest BCUT2D eigenvalue weighted by Gasteiger charge is -2.36. The SMILES string of the molecule is CCc1cc(CNC)cc(N2C[C@@H](C)O[C@@H](C)C2)n1. The first kappa shape index (κ1) is 14.3. The number of morpholine rings is 1. The van der Waals surface area contributed by atoms with Crippen LogP contribution in [0.4, 0.5) is 5.82 Å². The third-order valence-electron chi connectivity index (χ3n) is 3.41. The third-order valence-corrected chi connectivity index (χ3v) is 3.41. The quantitative estimate of drug-likeness (QED) is 0.901. The van der Waals surface area contributed by atoms with Crippen molar-refractivity contribution in [3.05, 3.63) is 23.4 Å². The summed E-state index contributed by atoms with van der Waals surface area (Å²) in [4.78, 5) is 7.11. The van der Waals surface area contributed by atoms with Crippen molar-refractivity contribution in [1.82, 2.24) is 10.3 Å². The molecule has 0 aliphatic carbocycles. The van der Waals surface area contributed by atoms with Crippen LogP contribution in [0.3, 0.4) is 0 Å². The predicted octanol–water partition coefficient (Wildman–Crippen LogP) is 1.98. The average molecular weight is 263 g/mol. The van der Waals surface area contributed by atoms with E-state index in [4.69, 9.17) is 9.72 Å². The Morgan fingerprint density at radius 1 is 1.32 bits per heavy atom. The number of hydrogen-bond donors (Lipinski definition) is 1. The van der Waals surface area contributed by atoms with Crippen molar-refractivity contribution in [2.45, 2.75) is 45.9 Å². The molecular formula is C15H25N3O. The Kier molecular flexibility index (Phi) is 4.77. The van der Waals surface area contributed by atoms with Crippen LogP contribution in [0.1, 0.15) is 32.0 Å². The Bertz CT molecular complexity index is 412. The molecule has 1 N–H and O–H groups in total. The average Bonchev–Trinajstić information content (AvgIpc) is 2.37. The molecule has 0 aromatic carbocycles. The highest BCUT2D eigenvalue weighted by Crippen LogP contribution is 2.20. The monoisotopic (exact) mass is 263 g/mol. The number of anilines is 1. The predicted molar refractivity (Wildman–Crippen MR) is 78.6 cm³/mol. The molecule has 0 radical (unpaired) electrons. The molecule has 1 saturated heterocycles. The molecule has 0 amide bonds. The summed E-state index contributed by atoms with van der Waals surface area (Å²) in [7, 11) is 1.98. The fourth-order valence-electron chi connectivity index (χ4n) is 2.65. The molecule has 1 aliphatic rings. The summed E-state index contributed by atoms with van der Waals surface area (Å²) in [6, 6.07) is 4.38. The molecule has 4 heteroatoms. The molecule has 1 aromatic heterocycles. The van der Waals surface area contributed by atoms with Gasteiger partial charge in [-0.15, -0.1) is 0 Å². The molecule has 4 nitrogen and oxygen atoms in total. The Morgan fingerprint density at radius 2 is 2.00 bits per heavy atom. The maximum absolute atomic E-state index is 5.79. The third kappa shape index (κ3) is 3.67. The van der Waals surface area contributed by atoms with Crippen molar-refractivity contribution < 1.29 is 4.74 Å². The molecule has 1 aliphatic heterocycles. The molecule has 0 saturated carbocycles. The fraction of sp³-hybridized carbons (Fsp3) is 0.667. The first-order valence-corrected chi connectivity index (χ1v) is 7.17. The van der Waals surface area contributed by atoms with E-state index in [0.29, 0.717) is 0 Å². The Labute approximate surface area is 116 Å². The van der Waals surface area contributed by atoms with E-state index in [2.05, 4.69) is 43.1 Å². The van der Waals surface area contributed by atoms with E-state index in [1.54, 1.807) is 0 Å². The van der Waals surface area contributed by atoms with Gasteiger partial charge in [0.05, 0.1) is 12.2 Å². The number of aromatic nitrogens is 1. The Morgan fingerprint density at radius 3 is 2.58 bits per heavy atom. The number of nitrogens with one attached hydrogen (secondary N) is 1. The van der Waals surface area contributed by atoms with Gasteiger partial charge < -0.3 is 15.0 Å². The zero-order chi connectivity index (χ0) is 13.8. The second-order valence-electron chi connectivity index (χ2n) is 5.37. The minimum Gasteiger partial charge on any atom is -0.372 e. The van der Waals surface area contributed by atoms with Gasteiger partial charge in [-0.25, -0.2) is 4.98 Å². The van der Waals surface area contributed by atoms with Gasteiger partial charge in [-0.2, -0.15) is 0 Å². The van der Waals surface area contributed by atoms with Gasteiger partial charge in [-0.3, -0.25) is 0 Å². The summed E-state index contributed by atoms with van der Waals surface area (Å²) in [5.74, 6) is 1.09. The largest absolute Gasteiger partial charge is 0.372 e. The lowest BCUT2D eigenvalue weighted by molar-refractivity contribution is -0.00547. The van der Waals surface area contributed by atoms with Crippen LogP contribution < -0.4 is 10.2 Å². The fourth-order valence-corrected chi connectivity index (χ4v) is 2.65. The molecule has 19 heavy (non-hydrogen) atoms. The molecular weight excluding hydrogens is 238 g/mol. The van der Waals surface area contributed by atoms with Gasteiger partial charge in [0.1, 0.15) is 5.82 Å². The second kappa shape index (κ2) is 6.35. The van der Waals surface area contributed by atoms with Gasteiger partial charge >= 0.3 is 0 Å². The van der Waals surface area contributed by atoms with Crippen molar-refractivity contribution in [2.24, 2.45) is 0 Å². The molecule has 1 aromatic rings. The number of ether oxygens (including phenoxy) is 1. The standard InChI is InChI=1S/C15H25N3O/c1-5-14-6-13(8-16-4)7-15(17-14)18-9-11(2)19-12(3)10-18/h6-7,11-12,16H,5,8-10H2,1-4H3/t11-,12+. The highest BCUT2D eigenvalue weighted by molar-refractivity contribution is 5.43. The van der Waals surface area contributed by atoms with E-state index in [1.165, 1.54) is 5.56 Å². The molecule has 2 atom stereocenters. The first-order valence-electron chi connectivity index (χ1n) is 7.17. The van der Waals surface area contributed by atoms with Crippen molar-refractivity contribution in [3.63, 3.8) is 0 Å². The molecule has 106 valence electrons. The van der Waals surface area contributed by atoms with E-state index >= 15 is 0 Å². The lowest BCUT2D eigenvalue weighted by atomic mass is 10.1. The zero-order valence-electron chi connectivity index (χ0n) is 12.4. The summed E-state index contributed by atoms with van der Waals surface area (Å²) in [5, 5.41) is 3.21. The van der Waals surface area contributed by atoms with Crippen LogP contribution in [0.2, 0.25) is 0 Å². The summed E-state index contributed by atoms with van der Waals surface area (Å²) in [6.45, 7) is 9.13. The van der Waals surface area contributed by atoms with Gasteiger partial charge in [0.15, 0.2) is 0 Å². The smallest absolute Gasteiger partial charge is 0.129 e. The van der Waals surface area contributed by atoms with Crippen LogP contribution >= 0.6 is 0 Å². The van der Waals surface area contributed by atoms with Gasteiger partial charge in [0.25, 0.3) is 0 Å². The van der Waals surface area contributed by atoms with Gasteiger partial charge in [-0.1, -0.05) is 6.92 Å². The van der Waals surface area contributed by atoms with Crippen LogP contribution in [0, 0.1) is 0 Å². The first-order chi connectivity index (χ1) is 9.12. The number of nitrogens with zero attached hydrogens (tertiary/aromatic N) is 2. The minimum atomic E-state index is 0.267. The molecule has 0 unspecified atom stereocenters. The van der Waals surface area contributed by atoms with E-state index < -0.39 is 0 Å². The van der Waals surface area contributed by atoms with Crippen molar-refractivity contribution in [1.29, 1.82) is 0 Å². The lowest BCUT2D eigenvalue weighted by Crippen LogP contribution is -2.46. The Balaban J connectivity index is 2.24. The highest BCUT2D eigenvalue weighted by atomic mass is 16.5. The summed E-state index contributed by atoms with van der Waals surface area (Å²) < 4.78 is 5.79.